The van der Waals surface area contributed by atoms with Crippen molar-refractivity contribution < 1.29 is 22.8 Å². The number of nitrogens with zero attached hydrogens (tertiary/aromatic N) is 3. The fourth-order valence-corrected chi connectivity index (χ4v) is 3.71. The number of alkyl halides is 3. The van der Waals surface area contributed by atoms with E-state index in [0.717, 1.165) is 11.8 Å². The highest BCUT2D eigenvalue weighted by atomic mass is 32.2. The van der Waals surface area contributed by atoms with E-state index in [1.165, 1.54) is 11.6 Å². The lowest BCUT2D eigenvalue weighted by Crippen LogP contribution is -2.24. The van der Waals surface area contributed by atoms with Crippen LogP contribution in [0.25, 0.3) is 5.69 Å². The first kappa shape index (κ1) is 24.2. The summed E-state index contributed by atoms with van der Waals surface area (Å²) in [6, 6.07) is 8.93. The number of hydrogen-bond donors (Lipinski definition) is 3. The van der Waals surface area contributed by atoms with Crippen LogP contribution < -0.4 is 16.2 Å². The Kier molecular flexibility index (Phi) is 7.01. The Morgan fingerprint density at radius 2 is 1.70 bits per heavy atom. The number of amides is 2. The molecule has 3 N–H and O–H groups in total. The molecule has 0 aliphatic carbocycles. The van der Waals surface area contributed by atoms with Crippen molar-refractivity contribution in [1.29, 1.82) is 0 Å². The molecule has 9 nitrogen and oxygen atoms in total. The predicted octanol–water partition coefficient (Wildman–Crippen LogP) is 2.85. The molecule has 13 heteroatoms. The van der Waals surface area contributed by atoms with Gasteiger partial charge >= 0.3 is 6.18 Å². The Morgan fingerprint density at radius 1 is 1.09 bits per heavy atom. The molecular formula is C20H21F3N6O3S. The SMILES string of the molecule is Cc1c(NC(=O)CSCC(=O)Nc2c(C)n(C)n(-c3ccccc3)c2=O)n[nH]c1C(F)(F)F. The standard InChI is InChI=1S/C20H21F3N6O3S/c1-11-17(20(21,22)23)26-27-18(11)25-15(31)10-33-9-14(30)24-16-12(2)28(3)29(19(16)32)13-7-5-4-6-8-13/h4-8H,9-10H2,1-3H3,(H,24,30)(H2,25,26,27,31). The van der Waals surface area contributed by atoms with Gasteiger partial charge in [0.25, 0.3) is 5.56 Å². The second-order valence-corrected chi connectivity index (χ2v) is 8.08. The normalized spacial score (nSPS) is 11.5. The number of carbonyl (C=O) groups excluding carboxylic acids is 2. The smallest absolute Gasteiger partial charge is 0.319 e. The minimum Gasteiger partial charge on any atom is -0.319 e. The average Bonchev–Trinajstić information content (AvgIpc) is 3.21. The Morgan fingerprint density at radius 3 is 2.27 bits per heavy atom. The molecule has 3 aromatic rings. The number of aromatic amines is 1. The molecule has 2 heterocycles. The summed E-state index contributed by atoms with van der Waals surface area (Å²) in [5.41, 5.74) is -0.344. The molecule has 0 fully saturated rings. The largest absolute Gasteiger partial charge is 0.433 e. The van der Waals surface area contributed by atoms with E-state index in [4.69, 9.17) is 0 Å². The van der Waals surface area contributed by atoms with Crippen LogP contribution in [-0.4, -0.2) is 42.9 Å². The van der Waals surface area contributed by atoms with Crippen LogP contribution in [-0.2, 0) is 22.8 Å². The van der Waals surface area contributed by atoms with Crippen LogP contribution in [0, 0.1) is 13.8 Å². The molecule has 0 unspecified atom stereocenters. The van der Waals surface area contributed by atoms with E-state index < -0.39 is 29.2 Å². The number of para-hydroxylation sites is 1. The van der Waals surface area contributed by atoms with Gasteiger partial charge in [0, 0.05) is 12.6 Å². The number of anilines is 2. The maximum absolute atomic E-state index is 12.8. The summed E-state index contributed by atoms with van der Waals surface area (Å²) < 4.78 is 41.4. The van der Waals surface area contributed by atoms with Crippen LogP contribution in [0.15, 0.2) is 35.1 Å². The Hall–Kier alpha value is -3.48. The summed E-state index contributed by atoms with van der Waals surface area (Å²) in [5.74, 6) is -1.66. The van der Waals surface area contributed by atoms with E-state index in [0.29, 0.717) is 11.4 Å². The Bertz CT molecular complexity index is 1230. The van der Waals surface area contributed by atoms with Gasteiger partial charge in [-0.3, -0.25) is 24.2 Å². The highest BCUT2D eigenvalue weighted by Crippen LogP contribution is 2.32. The number of thioether (sulfide) groups is 1. The number of hydrogen-bond acceptors (Lipinski definition) is 5. The van der Waals surface area contributed by atoms with Crippen molar-refractivity contribution in [3.63, 3.8) is 0 Å². The molecule has 0 atom stereocenters. The second-order valence-electron chi connectivity index (χ2n) is 7.10. The fraction of sp³-hybridized carbons (Fsp3) is 0.300. The van der Waals surface area contributed by atoms with Crippen LogP contribution in [0.4, 0.5) is 24.7 Å². The van der Waals surface area contributed by atoms with Crippen molar-refractivity contribution >= 4 is 35.1 Å². The molecule has 0 saturated carbocycles. The Balaban J connectivity index is 1.57. The number of aromatic nitrogens is 4. The van der Waals surface area contributed by atoms with Gasteiger partial charge < -0.3 is 10.6 Å². The molecule has 0 aliphatic heterocycles. The number of benzene rings is 1. The quantitative estimate of drug-likeness (QED) is 0.479. The molecule has 2 amide bonds. The number of rotatable bonds is 7. The van der Waals surface area contributed by atoms with Gasteiger partial charge in [-0.2, -0.15) is 18.3 Å². The van der Waals surface area contributed by atoms with Gasteiger partial charge in [0.05, 0.1) is 22.9 Å². The second kappa shape index (κ2) is 9.57. The molecular weight excluding hydrogens is 461 g/mol. The van der Waals surface area contributed by atoms with Crippen molar-refractivity contribution in [3.8, 4) is 5.69 Å². The lowest BCUT2D eigenvalue weighted by molar-refractivity contribution is -0.141. The van der Waals surface area contributed by atoms with E-state index >= 15 is 0 Å². The first-order valence-corrected chi connectivity index (χ1v) is 10.8. The molecule has 0 bridgehead atoms. The van der Waals surface area contributed by atoms with Gasteiger partial charge in [-0.15, -0.1) is 11.8 Å². The highest BCUT2D eigenvalue weighted by Gasteiger charge is 2.36. The van der Waals surface area contributed by atoms with Gasteiger partial charge in [-0.25, -0.2) is 4.68 Å². The summed E-state index contributed by atoms with van der Waals surface area (Å²) >= 11 is 0.945. The van der Waals surface area contributed by atoms with E-state index in [2.05, 4.69) is 15.7 Å². The molecule has 0 saturated heterocycles. The minimum absolute atomic E-state index is 0.128. The molecule has 0 spiro atoms. The third kappa shape index (κ3) is 5.30. The van der Waals surface area contributed by atoms with Crippen LogP contribution in [0.2, 0.25) is 0 Å². The van der Waals surface area contributed by atoms with E-state index in [1.54, 1.807) is 42.9 Å². The fourth-order valence-electron chi connectivity index (χ4n) is 3.09. The molecule has 176 valence electrons. The van der Waals surface area contributed by atoms with Crippen molar-refractivity contribution in [2.24, 2.45) is 7.05 Å². The third-order valence-corrected chi connectivity index (χ3v) is 5.77. The first-order chi connectivity index (χ1) is 15.5. The maximum atomic E-state index is 12.8. The first-order valence-electron chi connectivity index (χ1n) is 9.64. The van der Waals surface area contributed by atoms with Crippen LogP contribution in [0.1, 0.15) is 17.0 Å². The zero-order valence-electron chi connectivity index (χ0n) is 17.9. The summed E-state index contributed by atoms with van der Waals surface area (Å²) in [6.07, 6.45) is -4.61. The predicted molar refractivity (Wildman–Crippen MR) is 119 cm³/mol. The minimum atomic E-state index is -4.61. The van der Waals surface area contributed by atoms with Crippen molar-refractivity contribution in [3.05, 3.63) is 57.6 Å². The number of carbonyl (C=O) groups is 2. The topological polar surface area (TPSA) is 114 Å². The van der Waals surface area contributed by atoms with Gasteiger partial charge in [0.15, 0.2) is 5.82 Å². The lowest BCUT2D eigenvalue weighted by atomic mass is 10.2. The molecule has 0 aliphatic rings. The molecule has 33 heavy (non-hydrogen) atoms. The van der Waals surface area contributed by atoms with Crippen LogP contribution >= 0.6 is 11.8 Å². The van der Waals surface area contributed by atoms with Crippen LogP contribution in [0.3, 0.4) is 0 Å². The summed E-state index contributed by atoms with van der Waals surface area (Å²) in [7, 11) is 1.69. The van der Waals surface area contributed by atoms with E-state index in [9.17, 15) is 27.6 Å². The van der Waals surface area contributed by atoms with Gasteiger partial charge in [-0.05, 0) is 26.0 Å². The van der Waals surface area contributed by atoms with Gasteiger partial charge in [0.2, 0.25) is 11.8 Å². The highest BCUT2D eigenvalue weighted by molar-refractivity contribution is 8.00. The molecule has 0 radical (unpaired) electrons. The third-order valence-electron chi connectivity index (χ3n) is 4.84. The van der Waals surface area contributed by atoms with Crippen molar-refractivity contribution in [2.75, 3.05) is 22.1 Å². The molecule has 2 aromatic heterocycles. The monoisotopic (exact) mass is 482 g/mol. The van der Waals surface area contributed by atoms with E-state index in [1.807, 2.05) is 11.2 Å². The average molecular weight is 482 g/mol. The zero-order chi connectivity index (χ0) is 24.3. The number of halogens is 3. The van der Waals surface area contributed by atoms with Crippen molar-refractivity contribution in [2.45, 2.75) is 20.0 Å². The van der Waals surface area contributed by atoms with Crippen molar-refractivity contribution in [1.82, 2.24) is 19.6 Å². The Labute approximate surface area is 190 Å². The zero-order valence-corrected chi connectivity index (χ0v) is 18.7. The lowest BCUT2D eigenvalue weighted by Gasteiger charge is -2.07. The van der Waals surface area contributed by atoms with Crippen LogP contribution in [0.5, 0.6) is 0 Å². The summed E-state index contributed by atoms with van der Waals surface area (Å²) in [4.78, 5) is 37.1. The maximum Gasteiger partial charge on any atom is 0.433 e. The molecule has 3 rings (SSSR count). The number of nitrogens with one attached hydrogen (secondary N) is 3. The van der Waals surface area contributed by atoms with Gasteiger partial charge in [0.1, 0.15) is 11.4 Å². The van der Waals surface area contributed by atoms with Gasteiger partial charge in [-0.1, -0.05) is 18.2 Å². The summed E-state index contributed by atoms with van der Waals surface area (Å²) in [5, 5.41) is 10.2. The summed E-state index contributed by atoms with van der Waals surface area (Å²) in [6.45, 7) is 2.88. The molecule has 1 aromatic carbocycles. The van der Waals surface area contributed by atoms with E-state index in [-0.39, 0.29) is 28.6 Å². The number of H-pyrrole nitrogens is 1.